The van der Waals surface area contributed by atoms with Crippen LogP contribution in [-0.4, -0.2) is 22.7 Å². The van der Waals surface area contributed by atoms with Crippen LogP contribution in [0.4, 0.5) is 15.9 Å². The average Bonchev–Trinajstić information content (AvgIpc) is 2.76. The molecule has 0 aliphatic heterocycles. The lowest BCUT2D eigenvalue weighted by Crippen LogP contribution is -2.23. The van der Waals surface area contributed by atoms with Gasteiger partial charge in [-0.05, 0) is 64.5 Å². The zero-order valence-corrected chi connectivity index (χ0v) is 17.2. The van der Waals surface area contributed by atoms with Crippen molar-refractivity contribution < 1.29 is 18.8 Å². The van der Waals surface area contributed by atoms with Gasteiger partial charge in [-0.2, -0.15) is 5.26 Å². The Morgan fingerprint density at radius 3 is 2.26 bits per heavy atom. The van der Waals surface area contributed by atoms with Crippen LogP contribution < -0.4 is 16.4 Å². The van der Waals surface area contributed by atoms with Gasteiger partial charge in [0.15, 0.2) is 0 Å². The Morgan fingerprint density at radius 2 is 1.68 bits per heavy atom. The minimum absolute atomic E-state index is 0.152. The molecule has 0 aliphatic rings. The van der Waals surface area contributed by atoms with Crippen molar-refractivity contribution in [1.29, 1.82) is 5.26 Å². The van der Waals surface area contributed by atoms with E-state index in [9.17, 15) is 18.8 Å². The Hall–Kier alpha value is -4.10. The number of hydrogen-bond donors (Lipinski definition) is 3. The second kappa shape index (κ2) is 9.15. The first-order chi connectivity index (χ1) is 14.8. The molecule has 0 atom stereocenters. The fourth-order valence-electron chi connectivity index (χ4n) is 2.63. The standard InChI is InChI=1S/C21H13BrFN5O3/c22-13-5-6-17(26-10-13)27-21(31)16-8-14(23)7-15(19(25)29)18(16)28-20(30)12-3-1-11(9-24)2-4-12/h1-8,10H,(H2,25,29)(H,28,30)(H,26,27,31). The molecule has 0 bridgehead atoms. The number of primary amides is 1. The molecule has 10 heteroatoms. The Morgan fingerprint density at radius 1 is 1.00 bits per heavy atom. The highest BCUT2D eigenvalue weighted by Gasteiger charge is 2.22. The first-order valence-electron chi connectivity index (χ1n) is 8.66. The number of anilines is 2. The molecule has 3 amide bonds. The van der Waals surface area contributed by atoms with Gasteiger partial charge in [0.1, 0.15) is 11.6 Å². The summed E-state index contributed by atoms with van der Waals surface area (Å²) in [5, 5.41) is 13.8. The topological polar surface area (TPSA) is 138 Å². The van der Waals surface area contributed by atoms with Crippen LogP contribution in [0.2, 0.25) is 0 Å². The maximum absolute atomic E-state index is 14.1. The van der Waals surface area contributed by atoms with E-state index in [-0.39, 0.29) is 28.2 Å². The fourth-order valence-corrected chi connectivity index (χ4v) is 2.86. The summed E-state index contributed by atoms with van der Waals surface area (Å²) in [6.45, 7) is 0. The van der Waals surface area contributed by atoms with Crippen molar-refractivity contribution in [3.05, 3.63) is 87.3 Å². The Labute approximate surface area is 184 Å². The summed E-state index contributed by atoms with van der Waals surface area (Å²) >= 11 is 3.22. The maximum Gasteiger partial charge on any atom is 0.259 e. The van der Waals surface area contributed by atoms with E-state index >= 15 is 0 Å². The quantitative estimate of drug-likeness (QED) is 0.512. The normalized spacial score (nSPS) is 10.1. The molecule has 1 heterocycles. The number of nitrogens with two attached hydrogens (primary N) is 1. The predicted octanol–water partition coefficient (Wildman–Crippen LogP) is 3.46. The minimum atomic E-state index is -1.04. The summed E-state index contributed by atoms with van der Waals surface area (Å²) in [5.74, 6) is -3.26. The number of nitriles is 1. The summed E-state index contributed by atoms with van der Waals surface area (Å²) in [6, 6.07) is 12.4. The molecular weight excluding hydrogens is 469 g/mol. The van der Waals surface area contributed by atoms with Crippen molar-refractivity contribution >= 4 is 45.2 Å². The molecule has 8 nitrogen and oxygen atoms in total. The number of rotatable bonds is 5. The third-order valence-corrected chi connectivity index (χ3v) is 4.57. The number of hydrogen-bond acceptors (Lipinski definition) is 5. The van der Waals surface area contributed by atoms with Gasteiger partial charge in [-0.25, -0.2) is 9.37 Å². The van der Waals surface area contributed by atoms with E-state index in [0.717, 1.165) is 12.1 Å². The average molecular weight is 482 g/mol. The molecule has 0 radical (unpaired) electrons. The highest BCUT2D eigenvalue weighted by Crippen LogP contribution is 2.25. The lowest BCUT2D eigenvalue weighted by molar-refractivity contribution is 0.100. The van der Waals surface area contributed by atoms with Crippen LogP contribution in [-0.2, 0) is 0 Å². The van der Waals surface area contributed by atoms with Gasteiger partial charge < -0.3 is 16.4 Å². The second-order valence-corrected chi connectivity index (χ2v) is 7.11. The van der Waals surface area contributed by atoms with Crippen molar-refractivity contribution in [3.63, 3.8) is 0 Å². The van der Waals surface area contributed by atoms with E-state index in [1.54, 1.807) is 6.07 Å². The Balaban J connectivity index is 1.99. The summed E-state index contributed by atoms with van der Waals surface area (Å²) in [5.41, 5.74) is 4.88. The second-order valence-electron chi connectivity index (χ2n) is 6.20. The van der Waals surface area contributed by atoms with E-state index in [0.29, 0.717) is 10.0 Å². The molecule has 0 spiro atoms. The van der Waals surface area contributed by atoms with Gasteiger partial charge >= 0.3 is 0 Å². The fraction of sp³-hybridized carbons (Fsp3) is 0. The molecule has 0 saturated heterocycles. The summed E-state index contributed by atoms with van der Waals surface area (Å²) in [4.78, 5) is 41.3. The van der Waals surface area contributed by atoms with Gasteiger partial charge in [-0.1, -0.05) is 0 Å². The van der Waals surface area contributed by atoms with Gasteiger partial charge in [0, 0.05) is 16.2 Å². The van der Waals surface area contributed by atoms with E-state index in [1.807, 2.05) is 6.07 Å². The molecular formula is C21H13BrFN5O3. The lowest BCUT2D eigenvalue weighted by Gasteiger charge is -2.15. The Kier molecular flexibility index (Phi) is 6.37. The zero-order valence-electron chi connectivity index (χ0n) is 15.6. The first-order valence-corrected chi connectivity index (χ1v) is 9.45. The van der Waals surface area contributed by atoms with Crippen LogP contribution in [0.15, 0.2) is 59.2 Å². The number of nitrogens with one attached hydrogen (secondary N) is 2. The summed E-state index contributed by atoms with van der Waals surface area (Å²) in [7, 11) is 0. The molecule has 3 rings (SSSR count). The SMILES string of the molecule is N#Cc1ccc(C(=O)Nc2c(C(N)=O)cc(F)cc2C(=O)Nc2ccc(Br)cn2)cc1. The molecule has 0 saturated carbocycles. The van der Waals surface area contributed by atoms with E-state index in [1.165, 1.54) is 36.5 Å². The number of carbonyl (C=O) groups is 3. The number of amides is 3. The van der Waals surface area contributed by atoms with Crippen molar-refractivity contribution in [2.45, 2.75) is 0 Å². The molecule has 0 fully saturated rings. The van der Waals surface area contributed by atoms with Crippen molar-refractivity contribution in [1.82, 2.24) is 4.98 Å². The van der Waals surface area contributed by atoms with E-state index < -0.39 is 23.5 Å². The largest absolute Gasteiger partial charge is 0.366 e. The number of aromatic nitrogens is 1. The minimum Gasteiger partial charge on any atom is -0.366 e. The van der Waals surface area contributed by atoms with E-state index in [2.05, 4.69) is 31.5 Å². The van der Waals surface area contributed by atoms with Crippen molar-refractivity contribution in [2.75, 3.05) is 10.6 Å². The highest BCUT2D eigenvalue weighted by atomic mass is 79.9. The monoisotopic (exact) mass is 481 g/mol. The zero-order chi connectivity index (χ0) is 22.5. The Bertz CT molecular complexity index is 1220. The molecule has 0 unspecified atom stereocenters. The van der Waals surface area contributed by atoms with Crippen LogP contribution in [0, 0.1) is 17.1 Å². The molecule has 0 aliphatic carbocycles. The lowest BCUT2D eigenvalue weighted by atomic mass is 10.0. The van der Waals surface area contributed by atoms with Gasteiger partial charge in [-0.3, -0.25) is 14.4 Å². The van der Waals surface area contributed by atoms with Gasteiger partial charge in [-0.15, -0.1) is 0 Å². The third kappa shape index (κ3) is 5.09. The number of halogens is 2. The molecule has 4 N–H and O–H groups in total. The van der Waals surface area contributed by atoms with Crippen molar-refractivity contribution in [2.24, 2.45) is 5.73 Å². The predicted molar refractivity (Wildman–Crippen MR) is 114 cm³/mol. The van der Waals surface area contributed by atoms with Crippen LogP contribution in [0.3, 0.4) is 0 Å². The molecule has 31 heavy (non-hydrogen) atoms. The van der Waals surface area contributed by atoms with Gasteiger partial charge in [0.25, 0.3) is 17.7 Å². The van der Waals surface area contributed by atoms with Crippen LogP contribution in [0.5, 0.6) is 0 Å². The third-order valence-electron chi connectivity index (χ3n) is 4.10. The maximum atomic E-state index is 14.1. The van der Waals surface area contributed by atoms with Gasteiger partial charge in [0.2, 0.25) is 0 Å². The van der Waals surface area contributed by atoms with Crippen molar-refractivity contribution in [3.8, 4) is 6.07 Å². The molecule has 3 aromatic rings. The molecule has 154 valence electrons. The molecule has 1 aromatic heterocycles. The smallest absolute Gasteiger partial charge is 0.259 e. The number of carbonyl (C=O) groups excluding carboxylic acids is 3. The molecule has 2 aromatic carbocycles. The number of benzene rings is 2. The van der Waals surface area contributed by atoms with E-state index in [4.69, 9.17) is 11.0 Å². The van der Waals surface area contributed by atoms with Crippen LogP contribution in [0.25, 0.3) is 0 Å². The first kappa shape index (κ1) is 21.6. The number of pyridine rings is 1. The number of nitrogens with zero attached hydrogens (tertiary/aromatic N) is 2. The van der Waals surface area contributed by atoms with Gasteiger partial charge in [0.05, 0.1) is 28.4 Å². The summed E-state index contributed by atoms with van der Waals surface area (Å²) < 4.78 is 14.8. The van der Waals surface area contributed by atoms with Crippen LogP contribution >= 0.6 is 15.9 Å². The highest BCUT2D eigenvalue weighted by molar-refractivity contribution is 9.10. The van der Waals surface area contributed by atoms with Crippen LogP contribution in [0.1, 0.15) is 36.6 Å². The summed E-state index contributed by atoms with van der Waals surface area (Å²) in [6.07, 6.45) is 1.45.